The average Bonchev–Trinajstić information content (AvgIpc) is 4.00. The first kappa shape index (κ1) is 41.5. The number of hydrogen-bond donors (Lipinski definition) is 2. The Bertz CT molecular complexity index is 2740. The zero-order valence-electron chi connectivity index (χ0n) is 38.8. The van der Waals surface area contributed by atoms with Crippen molar-refractivity contribution in [2.75, 3.05) is 0 Å². The predicted molar refractivity (Wildman–Crippen MR) is 261 cm³/mol. The molecule has 0 saturated heterocycles. The van der Waals surface area contributed by atoms with E-state index in [0.717, 1.165) is 76.1 Å². The largest absolute Gasteiger partial charge is 0.355 e. The molecule has 5 aromatic rings. The molecule has 4 heteroatoms. The molecule has 0 atom stereocenters. The quantitative estimate of drug-likeness (QED) is 0.176. The number of nitrogens with zero attached hydrogens (tertiary/aromatic N) is 2. The summed E-state index contributed by atoms with van der Waals surface area (Å²) < 4.78 is 0. The van der Waals surface area contributed by atoms with E-state index in [1.165, 1.54) is 61.2 Å². The van der Waals surface area contributed by atoms with Gasteiger partial charge in [0.25, 0.3) is 0 Å². The van der Waals surface area contributed by atoms with Crippen molar-refractivity contribution >= 4 is 57.5 Å². The number of aromatic nitrogens is 4. The first-order valence-corrected chi connectivity index (χ1v) is 22.4. The second-order valence-electron chi connectivity index (χ2n) is 21.6. The number of rotatable bonds is 6. The fourth-order valence-electron chi connectivity index (χ4n) is 9.03. The van der Waals surface area contributed by atoms with E-state index in [0.29, 0.717) is 0 Å². The van der Waals surface area contributed by atoms with Crippen LogP contribution in [-0.2, 0) is 21.7 Å². The summed E-state index contributed by atoms with van der Waals surface area (Å²) in [7, 11) is 0. The van der Waals surface area contributed by atoms with Crippen LogP contribution in [0.4, 0.5) is 0 Å². The third kappa shape index (κ3) is 7.68. The number of benzene rings is 2. The number of nitrogens with one attached hydrogen (secondary N) is 2. The smallest absolute Gasteiger partial charge is 0.0737 e. The summed E-state index contributed by atoms with van der Waals surface area (Å²) in [5.74, 6) is 0. The lowest BCUT2D eigenvalue weighted by Crippen LogP contribution is -2.16. The Balaban J connectivity index is 1.54. The monoisotopic (exact) mass is 795 g/mol. The van der Waals surface area contributed by atoms with Crippen molar-refractivity contribution in [3.05, 3.63) is 117 Å². The molecule has 8 rings (SSSR count). The summed E-state index contributed by atoms with van der Waals surface area (Å²) in [6.07, 6.45) is 13.1. The van der Waals surface area contributed by atoms with E-state index in [9.17, 15) is 0 Å². The van der Waals surface area contributed by atoms with E-state index >= 15 is 0 Å². The van der Waals surface area contributed by atoms with Crippen LogP contribution < -0.4 is 0 Å². The summed E-state index contributed by atoms with van der Waals surface area (Å²) in [5.41, 5.74) is 23.5. The minimum absolute atomic E-state index is 0.0233. The standard InChI is InChI=1S/C56H66N4/c1-15-17-41-42(18-16-2)51-47-24-23-46(59-47)49(33-25-35(53(3,4)5)29-36(26-33)54(6,7)8)44-21-19-39(57-44)31-40-20-22-45(58-40)50(48-32-43(41)52(51)60-48)34-27-37(55(9,10)11)30-38(28-34)56(12,13)14/h19-32,57,60H,15-18H2,1-14H3. The maximum atomic E-state index is 5.65. The van der Waals surface area contributed by atoms with Crippen LogP contribution in [0.5, 0.6) is 0 Å². The zero-order valence-corrected chi connectivity index (χ0v) is 38.8. The molecule has 1 aliphatic carbocycles. The minimum atomic E-state index is -0.0253. The lowest BCUT2D eigenvalue weighted by molar-refractivity contribution is 0.568. The lowest BCUT2D eigenvalue weighted by Gasteiger charge is -2.26. The number of hydrogen-bond acceptors (Lipinski definition) is 2. The molecule has 310 valence electrons. The van der Waals surface area contributed by atoms with Gasteiger partial charge in [-0.2, -0.15) is 0 Å². The molecular formula is C56H66N4. The van der Waals surface area contributed by atoms with Crippen LogP contribution >= 0.6 is 0 Å². The van der Waals surface area contributed by atoms with Crippen molar-refractivity contribution in [2.24, 2.45) is 0 Å². The SMILES string of the molecule is CCCC1=C(CCC)c2c3nc(c(-c4cc(C(C)(C)C)cc(C(C)(C)C)c4)c4ccc(cc5nc(c(-c6cc(C(C)(C)C)cc(C(C)(C)C)c6)c6cc1c2[nH]6)C=C5)[nH]4)C=C3. The van der Waals surface area contributed by atoms with E-state index in [2.05, 4.69) is 192 Å². The third-order valence-electron chi connectivity index (χ3n) is 12.6. The van der Waals surface area contributed by atoms with Gasteiger partial charge in [-0.15, -0.1) is 0 Å². The number of aromatic amines is 2. The van der Waals surface area contributed by atoms with E-state index in [1.807, 2.05) is 0 Å². The molecular weight excluding hydrogens is 729 g/mol. The van der Waals surface area contributed by atoms with Crippen molar-refractivity contribution in [1.82, 2.24) is 19.9 Å². The molecule has 8 bridgehead atoms. The van der Waals surface area contributed by atoms with Gasteiger partial charge in [0.1, 0.15) is 0 Å². The van der Waals surface area contributed by atoms with E-state index < -0.39 is 0 Å². The van der Waals surface area contributed by atoms with Crippen molar-refractivity contribution in [3.63, 3.8) is 0 Å². The van der Waals surface area contributed by atoms with Crippen LogP contribution in [0.25, 0.3) is 79.8 Å². The van der Waals surface area contributed by atoms with Crippen LogP contribution in [0.1, 0.15) is 179 Å². The van der Waals surface area contributed by atoms with Crippen LogP contribution in [0, 0.1) is 0 Å². The van der Waals surface area contributed by atoms with Gasteiger partial charge in [-0.25, -0.2) is 9.97 Å². The number of fused-ring (bicyclic) bond motifs is 8. The number of allylic oxidation sites excluding steroid dienone is 2. The van der Waals surface area contributed by atoms with E-state index in [-0.39, 0.29) is 21.7 Å². The van der Waals surface area contributed by atoms with Crippen LogP contribution in [0.3, 0.4) is 0 Å². The van der Waals surface area contributed by atoms with E-state index in [1.54, 1.807) is 0 Å². The van der Waals surface area contributed by atoms with Gasteiger partial charge < -0.3 is 9.97 Å². The normalized spacial score (nSPS) is 14.2. The summed E-state index contributed by atoms with van der Waals surface area (Å²) >= 11 is 0. The van der Waals surface area contributed by atoms with Crippen molar-refractivity contribution < 1.29 is 0 Å². The van der Waals surface area contributed by atoms with Gasteiger partial charge in [0.05, 0.1) is 28.3 Å². The molecule has 2 aliphatic heterocycles. The molecule has 2 aromatic carbocycles. The highest BCUT2D eigenvalue weighted by Crippen LogP contribution is 2.48. The minimum Gasteiger partial charge on any atom is -0.355 e. The summed E-state index contributed by atoms with van der Waals surface area (Å²) in [4.78, 5) is 19.0. The summed E-state index contributed by atoms with van der Waals surface area (Å²) in [5, 5.41) is 0. The summed E-state index contributed by atoms with van der Waals surface area (Å²) in [6, 6.07) is 23.4. The lowest BCUT2D eigenvalue weighted by atomic mass is 9.78. The van der Waals surface area contributed by atoms with Gasteiger partial charge in [0.2, 0.25) is 0 Å². The van der Waals surface area contributed by atoms with Crippen LogP contribution in [-0.4, -0.2) is 19.9 Å². The van der Waals surface area contributed by atoms with Crippen LogP contribution in [0.15, 0.2) is 60.7 Å². The molecule has 4 nitrogen and oxygen atoms in total. The maximum Gasteiger partial charge on any atom is 0.0737 e. The van der Waals surface area contributed by atoms with Crippen molar-refractivity contribution in [2.45, 2.75) is 144 Å². The Morgan fingerprint density at radius 1 is 0.450 bits per heavy atom. The van der Waals surface area contributed by atoms with Gasteiger partial charge in [-0.3, -0.25) is 0 Å². The fraction of sp³-hybridized carbons (Fsp3) is 0.393. The highest BCUT2D eigenvalue weighted by atomic mass is 14.8. The van der Waals surface area contributed by atoms with Crippen LogP contribution in [0.2, 0.25) is 0 Å². The highest BCUT2D eigenvalue weighted by Gasteiger charge is 2.29. The molecule has 0 unspecified atom stereocenters. The first-order chi connectivity index (χ1) is 28.1. The van der Waals surface area contributed by atoms with Gasteiger partial charge in [0.15, 0.2) is 0 Å². The molecule has 60 heavy (non-hydrogen) atoms. The topological polar surface area (TPSA) is 57.4 Å². The predicted octanol–water partition coefficient (Wildman–Crippen LogP) is 16.0. The highest BCUT2D eigenvalue weighted by molar-refractivity contribution is 6.11. The number of H-pyrrole nitrogens is 2. The Labute approximate surface area is 359 Å². The Hall–Kier alpha value is -5.22. The molecule has 0 fully saturated rings. The van der Waals surface area contributed by atoms with Gasteiger partial charge in [-0.05, 0) is 128 Å². The molecule has 0 amide bonds. The molecule has 5 heterocycles. The van der Waals surface area contributed by atoms with Gasteiger partial charge in [0, 0.05) is 38.8 Å². The van der Waals surface area contributed by atoms with E-state index in [4.69, 9.17) is 9.97 Å². The molecule has 3 aliphatic rings. The molecule has 0 spiro atoms. The second-order valence-corrected chi connectivity index (χ2v) is 21.6. The Kier molecular flexibility index (Phi) is 10.2. The molecule has 0 radical (unpaired) electrons. The summed E-state index contributed by atoms with van der Waals surface area (Å²) in [6.45, 7) is 32.4. The van der Waals surface area contributed by atoms with Gasteiger partial charge >= 0.3 is 0 Å². The molecule has 3 aromatic heterocycles. The second kappa shape index (κ2) is 14.8. The Morgan fingerprint density at radius 2 is 0.917 bits per heavy atom. The van der Waals surface area contributed by atoms with Crippen molar-refractivity contribution in [1.29, 1.82) is 0 Å². The zero-order chi connectivity index (χ0) is 43.1. The van der Waals surface area contributed by atoms with Gasteiger partial charge in [-0.1, -0.05) is 146 Å². The van der Waals surface area contributed by atoms with Crippen molar-refractivity contribution in [3.8, 4) is 22.3 Å². The average molecular weight is 795 g/mol. The Morgan fingerprint density at radius 3 is 1.43 bits per heavy atom. The third-order valence-corrected chi connectivity index (χ3v) is 12.6. The molecule has 0 saturated carbocycles. The maximum absolute atomic E-state index is 5.65. The first-order valence-electron chi connectivity index (χ1n) is 22.4. The molecule has 2 N–H and O–H groups in total. The fourth-order valence-corrected chi connectivity index (χ4v) is 9.03.